The molecule has 0 radical (unpaired) electrons. The Balaban J connectivity index is 1.58. The first-order valence-electron chi connectivity index (χ1n) is 7.96. The molecule has 3 heterocycles. The number of rotatable bonds is 3. The van der Waals surface area contributed by atoms with E-state index >= 15 is 0 Å². The highest BCUT2D eigenvalue weighted by Gasteiger charge is 2.23. The fraction of sp³-hybridized carbons (Fsp3) is 0.625. The Morgan fingerprint density at radius 3 is 2.64 bits per heavy atom. The quantitative estimate of drug-likeness (QED) is 0.906. The lowest BCUT2D eigenvalue weighted by Crippen LogP contribution is -2.45. The van der Waals surface area contributed by atoms with Crippen LogP contribution >= 0.6 is 0 Å². The molecule has 2 aliphatic heterocycles. The lowest BCUT2D eigenvalue weighted by Gasteiger charge is -2.36. The number of likely N-dealkylation sites (N-methyl/N-ethyl adjacent to an activating group) is 1. The molecule has 0 aliphatic carbocycles. The summed E-state index contributed by atoms with van der Waals surface area (Å²) in [6.07, 6.45) is 2.45. The summed E-state index contributed by atoms with van der Waals surface area (Å²) in [5.74, 6) is 2.00. The van der Waals surface area contributed by atoms with Crippen molar-refractivity contribution in [3.63, 3.8) is 0 Å². The van der Waals surface area contributed by atoms with Crippen LogP contribution in [0, 0.1) is 0 Å². The molecule has 1 saturated heterocycles. The van der Waals surface area contributed by atoms with E-state index in [1.165, 1.54) is 5.56 Å². The van der Waals surface area contributed by atoms with Gasteiger partial charge in [-0.2, -0.15) is 0 Å². The molecule has 3 rings (SSSR count). The van der Waals surface area contributed by atoms with E-state index in [0.29, 0.717) is 0 Å². The van der Waals surface area contributed by atoms with Crippen molar-refractivity contribution in [2.24, 2.45) is 4.99 Å². The Morgan fingerprint density at radius 2 is 2.05 bits per heavy atom. The molecule has 2 aliphatic rings. The Bertz CT molecular complexity index is 520. The molecular formula is C16H25N5O. The summed E-state index contributed by atoms with van der Waals surface area (Å²) >= 11 is 0. The average molecular weight is 303 g/mol. The van der Waals surface area contributed by atoms with E-state index in [2.05, 4.69) is 58.1 Å². The third-order valence-corrected chi connectivity index (χ3v) is 4.06. The third-order valence-electron chi connectivity index (χ3n) is 4.06. The lowest BCUT2D eigenvalue weighted by atomic mass is 10.2. The second-order valence-corrected chi connectivity index (χ2v) is 6.17. The van der Waals surface area contributed by atoms with Crippen LogP contribution in [0.1, 0.15) is 19.4 Å². The van der Waals surface area contributed by atoms with E-state index in [1.807, 2.05) is 6.20 Å². The van der Waals surface area contributed by atoms with Gasteiger partial charge in [-0.05, 0) is 25.5 Å². The molecule has 1 aromatic heterocycles. The molecule has 2 atom stereocenters. The van der Waals surface area contributed by atoms with Crippen molar-refractivity contribution in [2.45, 2.75) is 32.6 Å². The van der Waals surface area contributed by atoms with Gasteiger partial charge in [0, 0.05) is 39.4 Å². The largest absolute Gasteiger partial charge is 0.372 e. The summed E-state index contributed by atoms with van der Waals surface area (Å²) in [6.45, 7) is 8.65. The molecule has 0 spiro atoms. The average Bonchev–Trinajstić information content (AvgIpc) is 2.90. The highest BCUT2D eigenvalue weighted by molar-refractivity contribution is 5.81. The van der Waals surface area contributed by atoms with Crippen LogP contribution < -0.4 is 10.2 Å². The number of hydrogen-bond donors (Lipinski definition) is 1. The van der Waals surface area contributed by atoms with Gasteiger partial charge in [0.15, 0.2) is 5.96 Å². The Hall–Kier alpha value is -1.82. The molecule has 6 heteroatoms. The monoisotopic (exact) mass is 303 g/mol. The third kappa shape index (κ3) is 3.50. The SMILES string of the molecule is CC1CN(c2ccc(CNC3=NCCN3C)cn2)CC(C)O1. The summed E-state index contributed by atoms with van der Waals surface area (Å²) in [5, 5.41) is 3.36. The molecule has 0 amide bonds. The molecule has 22 heavy (non-hydrogen) atoms. The van der Waals surface area contributed by atoms with Crippen LogP contribution in [0.4, 0.5) is 5.82 Å². The molecule has 0 saturated carbocycles. The lowest BCUT2D eigenvalue weighted by molar-refractivity contribution is -0.00545. The minimum Gasteiger partial charge on any atom is -0.372 e. The smallest absolute Gasteiger partial charge is 0.194 e. The summed E-state index contributed by atoms with van der Waals surface area (Å²) in [4.78, 5) is 13.5. The van der Waals surface area contributed by atoms with Crippen molar-refractivity contribution < 1.29 is 4.74 Å². The maximum Gasteiger partial charge on any atom is 0.194 e. The van der Waals surface area contributed by atoms with Crippen molar-refractivity contribution in [1.82, 2.24) is 15.2 Å². The molecule has 2 unspecified atom stereocenters. The molecule has 1 aromatic rings. The second-order valence-electron chi connectivity index (χ2n) is 6.17. The zero-order valence-corrected chi connectivity index (χ0v) is 13.6. The second kappa shape index (κ2) is 6.52. The van der Waals surface area contributed by atoms with E-state index < -0.39 is 0 Å². The maximum absolute atomic E-state index is 5.77. The molecular weight excluding hydrogens is 278 g/mol. The maximum atomic E-state index is 5.77. The molecule has 1 N–H and O–H groups in total. The van der Waals surface area contributed by atoms with Gasteiger partial charge >= 0.3 is 0 Å². The van der Waals surface area contributed by atoms with Gasteiger partial charge < -0.3 is 19.9 Å². The number of aliphatic imine (C=N–C) groups is 1. The number of hydrogen-bond acceptors (Lipinski definition) is 6. The van der Waals surface area contributed by atoms with Crippen LogP contribution in [-0.4, -0.2) is 61.3 Å². The zero-order valence-electron chi connectivity index (χ0n) is 13.6. The van der Waals surface area contributed by atoms with Crippen molar-refractivity contribution in [1.29, 1.82) is 0 Å². The van der Waals surface area contributed by atoms with E-state index in [4.69, 9.17) is 4.74 Å². The molecule has 1 fully saturated rings. The summed E-state index contributed by atoms with van der Waals surface area (Å²) < 4.78 is 5.77. The predicted molar refractivity (Wildman–Crippen MR) is 88.2 cm³/mol. The van der Waals surface area contributed by atoms with Crippen LogP contribution in [0.25, 0.3) is 0 Å². The van der Waals surface area contributed by atoms with E-state index in [-0.39, 0.29) is 12.2 Å². The topological polar surface area (TPSA) is 53.0 Å². The standard InChI is InChI=1S/C16H25N5O/c1-12-10-21(11-13(2)22-12)15-5-4-14(8-18-15)9-19-16-17-6-7-20(16)3/h4-5,8,12-13H,6-7,9-11H2,1-3H3,(H,17,19). The highest BCUT2D eigenvalue weighted by atomic mass is 16.5. The number of pyridine rings is 1. The summed E-state index contributed by atoms with van der Waals surface area (Å²) in [7, 11) is 2.06. The summed E-state index contributed by atoms with van der Waals surface area (Å²) in [6, 6.07) is 4.23. The number of aromatic nitrogens is 1. The van der Waals surface area contributed by atoms with Crippen molar-refractivity contribution in [3.8, 4) is 0 Å². The first-order valence-corrected chi connectivity index (χ1v) is 7.96. The minimum absolute atomic E-state index is 0.253. The number of nitrogens with zero attached hydrogens (tertiary/aromatic N) is 4. The van der Waals surface area contributed by atoms with Gasteiger partial charge in [0.1, 0.15) is 5.82 Å². The summed E-state index contributed by atoms with van der Waals surface area (Å²) in [5.41, 5.74) is 1.17. The van der Waals surface area contributed by atoms with Crippen LogP contribution in [0.3, 0.4) is 0 Å². The van der Waals surface area contributed by atoms with Crippen LogP contribution in [-0.2, 0) is 11.3 Å². The van der Waals surface area contributed by atoms with Gasteiger partial charge in [0.25, 0.3) is 0 Å². The number of nitrogens with one attached hydrogen (secondary N) is 1. The van der Waals surface area contributed by atoms with Gasteiger partial charge in [0.2, 0.25) is 0 Å². The van der Waals surface area contributed by atoms with Gasteiger partial charge in [-0.3, -0.25) is 4.99 Å². The number of anilines is 1. The molecule has 0 aromatic carbocycles. The number of guanidine groups is 1. The molecule has 0 bridgehead atoms. The van der Waals surface area contributed by atoms with E-state index in [1.54, 1.807) is 0 Å². The Morgan fingerprint density at radius 1 is 1.27 bits per heavy atom. The van der Waals surface area contributed by atoms with Crippen LogP contribution in [0.15, 0.2) is 23.3 Å². The number of ether oxygens (including phenoxy) is 1. The Labute approximate surface area is 132 Å². The van der Waals surface area contributed by atoms with E-state index in [9.17, 15) is 0 Å². The molecule has 6 nitrogen and oxygen atoms in total. The van der Waals surface area contributed by atoms with Gasteiger partial charge in [-0.25, -0.2) is 4.98 Å². The zero-order chi connectivity index (χ0) is 15.5. The van der Waals surface area contributed by atoms with Gasteiger partial charge in [-0.1, -0.05) is 6.07 Å². The first-order chi connectivity index (χ1) is 10.6. The predicted octanol–water partition coefficient (Wildman–Crippen LogP) is 1.09. The highest BCUT2D eigenvalue weighted by Crippen LogP contribution is 2.18. The van der Waals surface area contributed by atoms with Crippen LogP contribution in [0.2, 0.25) is 0 Å². The first kappa shape index (κ1) is 15.1. The van der Waals surface area contributed by atoms with Gasteiger partial charge in [0.05, 0.1) is 18.8 Å². The van der Waals surface area contributed by atoms with E-state index in [0.717, 1.165) is 44.5 Å². The van der Waals surface area contributed by atoms with Crippen molar-refractivity contribution in [2.75, 3.05) is 38.1 Å². The molecule has 120 valence electrons. The number of morpholine rings is 1. The van der Waals surface area contributed by atoms with Crippen molar-refractivity contribution >= 4 is 11.8 Å². The van der Waals surface area contributed by atoms with Crippen LogP contribution in [0.5, 0.6) is 0 Å². The van der Waals surface area contributed by atoms with Gasteiger partial charge in [-0.15, -0.1) is 0 Å². The Kier molecular flexibility index (Phi) is 4.47. The normalized spacial score (nSPS) is 25.3. The fourth-order valence-electron chi connectivity index (χ4n) is 2.98. The fourth-order valence-corrected chi connectivity index (χ4v) is 2.98. The minimum atomic E-state index is 0.253. The van der Waals surface area contributed by atoms with Crippen molar-refractivity contribution in [3.05, 3.63) is 23.9 Å².